The van der Waals surface area contributed by atoms with Crippen LogP contribution in [0.25, 0.3) is 0 Å². The fourth-order valence-electron chi connectivity index (χ4n) is 5.37. The second kappa shape index (κ2) is 9.65. The predicted octanol–water partition coefficient (Wildman–Crippen LogP) is 3.15. The summed E-state index contributed by atoms with van der Waals surface area (Å²) in [6.07, 6.45) is 4.82. The van der Waals surface area contributed by atoms with Gasteiger partial charge in [0.25, 0.3) is 5.91 Å². The Morgan fingerprint density at radius 2 is 1.94 bits per heavy atom. The summed E-state index contributed by atoms with van der Waals surface area (Å²) in [5.74, 6) is 0.150. The van der Waals surface area contributed by atoms with E-state index in [4.69, 9.17) is 9.26 Å². The van der Waals surface area contributed by atoms with Crippen LogP contribution in [0.15, 0.2) is 40.9 Å². The second-order valence-corrected chi connectivity index (χ2v) is 9.84. The Hall–Kier alpha value is -2.71. The number of aromatic nitrogens is 1. The molecule has 8 nitrogen and oxygen atoms in total. The van der Waals surface area contributed by atoms with Gasteiger partial charge in [-0.2, -0.15) is 0 Å². The van der Waals surface area contributed by atoms with E-state index in [1.807, 2.05) is 25.2 Å². The molecule has 3 unspecified atom stereocenters. The van der Waals surface area contributed by atoms with Crippen LogP contribution in [0.1, 0.15) is 49.8 Å². The number of carbonyl (C=O) groups is 2. The number of amides is 1. The molecule has 4 rings (SSSR count). The molecule has 8 heteroatoms. The predicted molar refractivity (Wildman–Crippen MR) is 122 cm³/mol. The molecule has 0 radical (unpaired) electrons. The van der Waals surface area contributed by atoms with Crippen molar-refractivity contribution in [3.63, 3.8) is 0 Å². The SMILES string of the molecule is Cc1cc(NC(=O)C[N+]2(C)CCCC(OC(=O)C(O)(c3ccccc3)C3CCCC3)C2)no1. The zero-order chi connectivity index (χ0) is 23.5. The first-order chi connectivity index (χ1) is 15.8. The molecule has 0 bridgehead atoms. The maximum atomic E-state index is 13.4. The van der Waals surface area contributed by atoms with Crippen molar-refractivity contribution >= 4 is 17.7 Å². The third-order valence-electron chi connectivity index (χ3n) is 7.03. The van der Waals surface area contributed by atoms with Gasteiger partial charge in [-0.1, -0.05) is 48.3 Å². The smallest absolute Gasteiger partial charge is 0.343 e. The molecule has 1 amide bonds. The van der Waals surface area contributed by atoms with Gasteiger partial charge in [0.15, 0.2) is 24.1 Å². The number of aliphatic hydroxyl groups is 1. The van der Waals surface area contributed by atoms with Gasteiger partial charge >= 0.3 is 5.97 Å². The fraction of sp³-hybridized carbons (Fsp3) is 0.560. The van der Waals surface area contributed by atoms with Crippen LogP contribution in [-0.2, 0) is 19.9 Å². The van der Waals surface area contributed by atoms with Crippen molar-refractivity contribution in [2.75, 3.05) is 32.0 Å². The number of esters is 1. The molecule has 2 heterocycles. The number of hydrogen-bond acceptors (Lipinski definition) is 6. The summed E-state index contributed by atoms with van der Waals surface area (Å²) in [5, 5.41) is 18.2. The van der Waals surface area contributed by atoms with E-state index in [2.05, 4.69) is 10.5 Å². The van der Waals surface area contributed by atoms with Gasteiger partial charge in [-0.05, 0) is 31.7 Å². The summed E-state index contributed by atoms with van der Waals surface area (Å²) in [6, 6.07) is 10.8. The highest BCUT2D eigenvalue weighted by atomic mass is 16.6. The first-order valence-corrected chi connectivity index (χ1v) is 11.8. The van der Waals surface area contributed by atoms with Gasteiger partial charge in [0.2, 0.25) is 0 Å². The van der Waals surface area contributed by atoms with Crippen LogP contribution in [0.3, 0.4) is 0 Å². The largest absolute Gasteiger partial charge is 0.454 e. The molecule has 0 spiro atoms. The normalized spacial score (nSPS) is 25.4. The van der Waals surface area contributed by atoms with Crippen LogP contribution < -0.4 is 5.32 Å². The van der Waals surface area contributed by atoms with Gasteiger partial charge in [-0.15, -0.1) is 0 Å². The van der Waals surface area contributed by atoms with Crippen LogP contribution in [0.2, 0.25) is 0 Å². The number of nitrogens with zero attached hydrogens (tertiary/aromatic N) is 2. The molecule has 1 saturated carbocycles. The van der Waals surface area contributed by atoms with Crippen molar-refractivity contribution < 1.29 is 28.4 Å². The van der Waals surface area contributed by atoms with E-state index < -0.39 is 11.6 Å². The Balaban J connectivity index is 1.43. The van der Waals surface area contributed by atoms with Gasteiger partial charge in [0, 0.05) is 18.4 Å². The van der Waals surface area contributed by atoms with Gasteiger partial charge in [-0.3, -0.25) is 4.79 Å². The minimum Gasteiger partial charge on any atom is -0.454 e. The van der Waals surface area contributed by atoms with E-state index in [1.165, 1.54) is 0 Å². The maximum absolute atomic E-state index is 13.4. The van der Waals surface area contributed by atoms with E-state index in [0.717, 1.165) is 45.1 Å². The standard InChI is InChI=1S/C25H33N3O5/c1-18-15-22(27-33-18)26-23(29)17-28(2)14-8-13-21(16-28)32-24(30)25(31,20-11-6-7-12-20)19-9-4-3-5-10-19/h3-5,9-10,15,20-21,31H,6-8,11-14,16-17H2,1-2H3/p+1. The number of likely N-dealkylation sites (tertiary alicyclic amines) is 1. The minimum atomic E-state index is -1.64. The van der Waals surface area contributed by atoms with Gasteiger partial charge in [-0.25, -0.2) is 4.79 Å². The lowest BCUT2D eigenvalue weighted by Crippen LogP contribution is -2.57. The minimum absolute atomic E-state index is 0.145. The molecule has 178 valence electrons. The van der Waals surface area contributed by atoms with Crippen molar-refractivity contribution in [2.24, 2.45) is 5.92 Å². The number of quaternary nitrogens is 1. The van der Waals surface area contributed by atoms with E-state index in [9.17, 15) is 14.7 Å². The van der Waals surface area contributed by atoms with Crippen molar-refractivity contribution in [1.29, 1.82) is 0 Å². The average molecular weight is 457 g/mol. The zero-order valence-corrected chi connectivity index (χ0v) is 19.5. The summed E-state index contributed by atoms with van der Waals surface area (Å²) in [7, 11) is 1.99. The van der Waals surface area contributed by atoms with E-state index in [0.29, 0.717) is 28.2 Å². The number of piperidine rings is 1. The molecule has 1 aliphatic carbocycles. The quantitative estimate of drug-likeness (QED) is 0.490. The van der Waals surface area contributed by atoms with Crippen LogP contribution in [0, 0.1) is 12.8 Å². The maximum Gasteiger partial charge on any atom is 0.343 e. The number of benzene rings is 1. The molecular weight excluding hydrogens is 422 g/mol. The number of rotatable bonds is 7. The van der Waals surface area contributed by atoms with Crippen LogP contribution >= 0.6 is 0 Å². The van der Waals surface area contributed by atoms with Gasteiger partial charge in [0.1, 0.15) is 12.3 Å². The Bertz CT molecular complexity index is 971. The highest BCUT2D eigenvalue weighted by molar-refractivity contribution is 5.90. The van der Waals surface area contributed by atoms with E-state index in [-0.39, 0.29) is 24.5 Å². The lowest BCUT2D eigenvalue weighted by atomic mass is 9.80. The van der Waals surface area contributed by atoms with E-state index >= 15 is 0 Å². The summed E-state index contributed by atoms with van der Waals surface area (Å²) in [5.41, 5.74) is -1.04. The number of nitrogens with one attached hydrogen (secondary N) is 1. The highest BCUT2D eigenvalue weighted by Gasteiger charge is 2.49. The molecule has 1 aliphatic heterocycles. The molecule has 2 aliphatic rings. The molecule has 33 heavy (non-hydrogen) atoms. The Morgan fingerprint density at radius 3 is 2.61 bits per heavy atom. The van der Waals surface area contributed by atoms with Crippen molar-refractivity contribution in [3.05, 3.63) is 47.7 Å². The number of ether oxygens (including phenoxy) is 1. The Kier molecular flexibility index (Phi) is 6.86. The average Bonchev–Trinajstić information content (AvgIpc) is 3.45. The summed E-state index contributed by atoms with van der Waals surface area (Å²) < 4.78 is 11.4. The summed E-state index contributed by atoms with van der Waals surface area (Å²) in [4.78, 5) is 26.0. The van der Waals surface area contributed by atoms with Crippen LogP contribution in [0.4, 0.5) is 5.82 Å². The molecule has 2 N–H and O–H groups in total. The van der Waals surface area contributed by atoms with Crippen molar-refractivity contribution in [2.45, 2.75) is 57.2 Å². The van der Waals surface area contributed by atoms with Crippen LogP contribution in [-0.4, -0.2) is 59.4 Å². The molecular formula is C25H34N3O5+. The lowest BCUT2D eigenvalue weighted by molar-refractivity contribution is -0.909. The Morgan fingerprint density at radius 1 is 1.21 bits per heavy atom. The molecule has 1 aromatic carbocycles. The Labute approximate surface area is 194 Å². The van der Waals surface area contributed by atoms with E-state index in [1.54, 1.807) is 25.1 Å². The third kappa shape index (κ3) is 5.28. The first-order valence-electron chi connectivity index (χ1n) is 11.8. The topological polar surface area (TPSA) is 102 Å². The fourth-order valence-corrected chi connectivity index (χ4v) is 5.37. The first kappa shape index (κ1) is 23.4. The number of aryl methyl sites for hydroxylation is 1. The van der Waals surface area contributed by atoms with Gasteiger partial charge < -0.3 is 24.2 Å². The van der Waals surface area contributed by atoms with Crippen LogP contribution in [0.5, 0.6) is 0 Å². The number of anilines is 1. The number of hydrogen-bond donors (Lipinski definition) is 2. The summed E-state index contributed by atoms with van der Waals surface area (Å²) >= 11 is 0. The van der Waals surface area contributed by atoms with Crippen molar-refractivity contribution in [1.82, 2.24) is 5.16 Å². The molecule has 3 atom stereocenters. The molecule has 1 aromatic heterocycles. The van der Waals surface area contributed by atoms with Crippen molar-refractivity contribution in [3.8, 4) is 0 Å². The molecule has 2 fully saturated rings. The lowest BCUT2D eigenvalue weighted by Gasteiger charge is -2.41. The third-order valence-corrected chi connectivity index (χ3v) is 7.03. The molecule has 1 saturated heterocycles. The molecule has 2 aromatic rings. The zero-order valence-electron chi connectivity index (χ0n) is 19.5. The highest BCUT2D eigenvalue weighted by Crippen LogP contribution is 2.42. The summed E-state index contributed by atoms with van der Waals surface area (Å²) in [6.45, 7) is 3.34. The second-order valence-electron chi connectivity index (χ2n) is 9.84. The number of likely N-dealkylation sites (N-methyl/N-ethyl adjacent to an activating group) is 1. The monoisotopic (exact) mass is 456 g/mol. The van der Waals surface area contributed by atoms with Gasteiger partial charge in [0.05, 0.1) is 13.6 Å². The number of carbonyl (C=O) groups excluding carboxylic acids is 2.